The topological polar surface area (TPSA) is 62.5 Å². The number of rotatable bonds is 6. The lowest BCUT2D eigenvalue weighted by atomic mass is 10.0. The van der Waals surface area contributed by atoms with Crippen LogP contribution in [0.5, 0.6) is 0 Å². The number of anilines is 2. The average molecular weight is 462 g/mol. The van der Waals surface area contributed by atoms with Crippen LogP contribution in [-0.2, 0) is 0 Å². The van der Waals surface area contributed by atoms with Gasteiger partial charge in [0.15, 0.2) is 5.65 Å². The molecule has 3 heterocycles. The molecule has 2 aliphatic rings. The van der Waals surface area contributed by atoms with Crippen LogP contribution in [0.15, 0.2) is 78.7 Å². The minimum absolute atomic E-state index is 0.251. The Morgan fingerprint density at radius 1 is 1.24 bits per heavy atom. The van der Waals surface area contributed by atoms with Crippen molar-refractivity contribution in [2.75, 3.05) is 16.8 Å². The molecule has 1 amide bonds. The van der Waals surface area contributed by atoms with Crippen molar-refractivity contribution in [1.82, 2.24) is 14.6 Å². The Morgan fingerprint density at radius 2 is 2.00 bits per heavy atom. The van der Waals surface area contributed by atoms with Crippen molar-refractivity contribution in [2.45, 2.75) is 32.2 Å². The Labute approximate surface area is 196 Å². The summed E-state index contributed by atoms with van der Waals surface area (Å²) in [6.45, 7) is 7.95. The van der Waals surface area contributed by atoms with Gasteiger partial charge in [0.05, 0.1) is 17.6 Å². The quantitative estimate of drug-likeness (QED) is 0.490. The van der Waals surface area contributed by atoms with E-state index in [4.69, 9.17) is 4.98 Å². The Balaban J connectivity index is 1.44. The van der Waals surface area contributed by atoms with Gasteiger partial charge in [-0.2, -0.15) is 5.10 Å². The average Bonchev–Trinajstić information content (AvgIpc) is 3.23. The van der Waals surface area contributed by atoms with E-state index in [9.17, 15) is 13.6 Å². The third-order valence-electron chi connectivity index (χ3n) is 6.72. The van der Waals surface area contributed by atoms with Crippen LogP contribution < -0.4 is 10.2 Å². The minimum Gasteiger partial charge on any atom is -0.346 e. The third-order valence-corrected chi connectivity index (χ3v) is 6.72. The van der Waals surface area contributed by atoms with E-state index < -0.39 is 17.2 Å². The lowest BCUT2D eigenvalue weighted by Gasteiger charge is -2.30. The molecule has 0 unspecified atom stereocenters. The molecule has 2 aromatic heterocycles. The molecule has 1 N–H and O–H groups in total. The fourth-order valence-corrected chi connectivity index (χ4v) is 4.82. The summed E-state index contributed by atoms with van der Waals surface area (Å²) in [6, 6.07) is 9.12. The van der Waals surface area contributed by atoms with E-state index in [-0.39, 0.29) is 11.8 Å². The Morgan fingerprint density at radius 3 is 2.71 bits per heavy atom. The number of nitrogens with zero attached hydrogens (tertiary/aromatic N) is 4. The maximum atomic E-state index is 14.8. The summed E-state index contributed by atoms with van der Waals surface area (Å²) in [6.07, 6.45) is 7.23. The molecule has 0 radical (unpaired) electrons. The van der Waals surface area contributed by atoms with Gasteiger partial charge in [0.2, 0.25) is 0 Å². The van der Waals surface area contributed by atoms with Crippen molar-refractivity contribution in [2.24, 2.45) is 5.92 Å². The van der Waals surface area contributed by atoms with Crippen LogP contribution in [0.25, 0.3) is 5.65 Å². The highest BCUT2D eigenvalue weighted by Gasteiger charge is 2.64. The summed E-state index contributed by atoms with van der Waals surface area (Å²) >= 11 is 0. The lowest BCUT2D eigenvalue weighted by molar-refractivity contribution is 0.102. The number of fused-ring (bicyclic) bond motifs is 2. The van der Waals surface area contributed by atoms with Gasteiger partial charge in [-0.3, -0.25) is 4.79 Å². The summed E-state index contributed by atoms with van der Waals surface area (Å²) in [5.41, 5.74) is 2.37. The van der Waals surface area contributed by atoms with E-state index >= 15 is 0 Å². The highest BCUT2D eigenvalue weighted by molar-refractivity contribution is 6.06. The Kier molecular flexibility index (Phi) is 5.31. The van der Waals surface area contributed by atoms with Gasteiger partial charge in [-0.05, 0) is 63.0 Å². The SMILES string of the molecule is C=C(/C(F)=C\C=C(/C)F)[C@@]12C[C@@H]1CCN2c1ccn2ncc(NC(=O)c3ccc(C)cc3)c2n1. The number of piperidine rings is 1. The van der Waals surface area contributed by atoms with E-state index in [1.807, 2.05) is 25.1 Å². The predicted molar refractivity (Wildman–Crippen MR) is 128 cm³/mol. The second kappa shape index (κ2) is 8.20. The van der Waals surface area contributed by atoms with E-state index in [0.29, 0.717) is 34.8 Å². The molecule has 0 bridgehead atoms. The second-order valence-corrected chi connectivity index (χ2v) is 8.94. The zero-order chi connectivity index (χ0) is 24.0. The molecule has 1 saturated heterocycles. The standard InChI is InChI=1S/C26H25F2N5O/c1-16-4-7-19(8-5-16)25(34)30-22-15-29-33-13-11-23(31-24(22)33)32-12-10-20-14-26(20,32)18(3)21(28)9-6-17(2)27/h4-9,11,13,15,20H,3,10,12,14H2,1-2H3,(H,30,34)/b17-6+,21-9+/t20-,26-/m0/s1. The molecule has 1 aromatic carbocycles. The monoisotopic (exact) mass is 461 g/mol. The second-order valence-electron chi connectivity index (χ2n) is 8.94. The number of allylic oxidation sites excluding steroid dienone is 3. The highest BCUT2D eigenvalue weighted by Crippen LogP contribution is 2.61. The molecule has 0 spiro atoms. The Bertz CT molecular complexity index is 1350. The number of benzene rings is 1. The first-order valence-corrected chi connectivity index (χ1v) is 11.2. The highest BCUT2D eigenvalue weighted by atomic mass is 19.1. The first kappa shape index (κ1) is 22.0. The van der Waals surface area contributed by atoms with Crippen molar-refractivity contribution >= 4 is 23.1 Å². The van der Waals surface area contributed by atoms with Crippen LogP contribution in [0.2, 0.25) is 0 Å². The van der Waals surface area contributed by atoms with Gasteiger partial charge < -0.3 is 10.2 Å². The number of carbonyl (C=O) groups excluding carboxylic acids is 1. The minimum atomic E-state index is -0.560. The number of hydrogen-bond donors (Lipinski definition) is 1. The fraction of sp³-hybridized carbons (Fsp3) is 0.269. The first-order chi connectivity index (χ1) is 16.3. The van der Waals surface area contributed by atoms with Gasteiger partial charge >= 0.3 is 0 Å². The van der Waals surface area contributed by atoms with Crippen LogP contribution in [-0.4, -0.2) is 32.6 Å². The smallest absolute Gasteiger partial charge is 0.255 e. The van der Waals surface area contributed by atoms with E-state index in [1.165, 1.54) is 6.92 Å². The van der Waals surface area contributed by atoms with Crippen molar-refractivity contribution in [1.29, 1.82) is 0 Å². The van der Waals surface area contributed by atoms with Crippen LogP contribution in [0.3, 0.4) is 0 Å². The molecule has 174 valence electrons. The molecule has 1 saturated carbocycles. The number of amides is 1. The van der Waals surface area contributed by atoms with Gasteiger partial charge in [0.1, 0.15) is 17.3 Å². The van der Waals surface area contributed by atoms with E-state index in [1.54, 1.807) is 29.0 Å². The van der Waals surface area contributed by atoms with Gasteiger partial charge in [-0.1, -0.05) is 24.3 Å². The van der Waals surface area contributed by atoms with Crippen LogP contribution in [0.1, 0.15) is 35.7 Å². The number of aromatic nitrogens is 3. The van der Waals surface area contributed by atoms with Crippen LogP contribution in [0.4, 0.5) is 20.3 Å². The number of nitrogens with one attached hydrogen (secondary N) is 1. The third kappa shape index (κ3) is 3.69. The molecular formula is C26H25F2N5O. The largest absolute Gasteiger partial charge is 0.346 e. The summed E-state index contributed by atoms with van der Waals surface area (Å²) in [7, 11) is 0. The number of halogens is 2. The Hall–Kier alpha value is -3.81. The van der Waals surface area contributed by atoms with Gasteiger partial charge in [0.25, 0.3) is 5.91 Å². The van der Waals surface area contributed by atoms with Crippen LogP contribution >= 0.6 is 0 Å². The van der Waals surface area contributed by atoms with Crippen molar-refractivity contribution in [3.05, 3.63) is 89.8 Å². The summed E-state index contributed by atoms with van der Waals surface area (Å²) < 4.78 is 29.5. The summed E-state index contributed by atoms with van der Waals surface area (Å²) in [5, 5.41) is 7.18. The maximum absolute atomic E-state index is 14.8. The molecule has 2 atom stereocenters. The van der Waals surface area contributed by atoms with Crippen molar-refractivity contribution in [3.8, 4) is 0 Å². The lowest BCUT2D eigenvalue weighted by Crippen LogP contribution is -2.37. The predicted octanol–water partition coefficient (Wildman–Crippen LogP) is 5.54. The van der Waals surface area contributed by atoms with E-state index in [0.717, 1.165) is 30.6 Å². The molecule has 6 nitrogen and oxygen atoms in total. The zero-order valence-corrected chi connectivity index (χ0v) is 19.1. The molecule has 1 aliphatic carbocycles. The van der Waals surface area contributed by atoms with E-state index in [2.05, 4.69) is 21.9 Å². The first-order valence-electron chi connectivity index (χ1n) is 11.2. The molecule has 3 aromatic rings. The summed E-state index contributed by atoms with van der Waals surface area (Å²) in [5.74, 6) is -0.311. The zero-order valence-electron chi connectivity index (χ0n) is 19.1. The number of aryl methyl sites for hydroxylation is 1. The fourth-order valence-electron chi connectivity index (χ4n) is 4.82. The molecule has 1 aliphatic heterocycles. The van der Waals surface area contributed by atoms with Gasteiger partial charge in [0, 0.05) is 23.9 Å². The molecule has 34 heavy (non-hydrogen) atoms. The van der Waals surface area contributed by atoms with Gasteiger partial charge in [-0.25, -0.2) is 18.3 Å². The molecule has 8 heteroatoms. The molecule has 5 rings (SSSR count). The number of hydrogen-bond acceptors (Lipinski definition) is 4. The summed E-state index contributed by atoms with van der Waals surface area (Å²) in [4.78, 5) is 19.6. The van der Waals surface area contributed by atoms with Crippen molar-refractivity contribution < 1.29 is 13.6 Å². The molecule has 2 fully saturated rings. The maximum Gasteiger partial charge on any atom is 0.255 e. The normalized spacial score (nSPS) is 22.1. The van der Waals surface area contributed by atoms with Crippen LogP contribution in [0, 0.1) is 12.8 Å². The van der Waals surface area contributed by atoms with Crippen molar-refractivity contribution in [3.63, 3.8) is 0 Å². The molecular weight excluding hydrogens is 436 g/mol. The van der Waals surface area contributed by atoms with Gasteiger partial charge in [-0.15, -0.1) is 0 Å². The number of carbonyl (C=O) groups is 1.